The van der Waals surface area contributed by atoms with Crippen LogP contribution < -0.4 is 10.6 Å². The molecule has 1 aromatic carbocycles. The molecule has 0 bridgehead atoms. The molecule has 0 atom stereocenters. The van der Waals surface area contributed by atoms with Crippen LogP contribution in [0.1, 0.15) is 10.4 Å². The molecule has 0 saturated carbocycles. The largest absolute Gasteiger partial charge is 0.478 e. The Morgan fingerprint density at radius 1 is 1.45 bits per heavy atom. The highest BCUT2D eigenvalue weighted by Gasteiger charge is 2.12. The van der Waals surface area contributed by atoms with Crippen LogP contribution in [0, 0.1) is 11.3 Å². The molecule has 1 aliphatic heterocycles. The van der Waals surface area contributed by atoms with Gasteiger partial charge in [0.1, 0.15) is 11.6 Å². The Kier molecular flexibility index (Phi) is 5.16. The molecule has 3 N–H and O–H groups in total. The van der Waals surface area contributed by atoms with Gasteiger partial charge in [-0.05, 0) is 18.2 Å². The van der Waals surface area contributed by atoms with E-state index in [0.717, 1.165) is 5.75 Å². The summed E-state index contributed by atoms with van der Waals surface area (Å²) in [6.07, 6.45) is 1.29. The van der Waals surface area contributed by atoms with Gasteiger partial charge in [-0.25, -0.2) is 4.79 Å². The predicted octanol–water partition coefficient (Wildman–Crippen LogP) is 1.42. The predicted molar refractivity (Wildman–Crippen MR) is 83.6 cm³/mol. The van der Waals surface area contributed by atoms with Gasteiger partial charge in [0.15, 0.2) is 5.17 Å². The maximum absolute atomic E-state index is 12.0. The van der Waals surface area contributed by atoms with Crippen molar-refractivity contribution in [1.82, 2.24) is 5.32 Å². The second kappa shape index (κ2) is 7.28. The van der Waals surface area contributed by atoms with Gasteiger partial charge < -0.3 is 15.7 Å². The number of nitrogens with zero attached hydrogens (tertiary/aromatic N) is 2. The van der Waals surface area contributed by atoms with Gasteiger partial charge in [0.2, 0.25) is 0 Å². The first-order chi connectivity index (χ1) is 10.6. The van der Waals surface area contributed by atoms with E-state index in [1.807, 2.05) is 0 Å². The molecule has 8 heteroatoms. The fourth-order valence-corrected chi connectivity index (χ4v) is 2.33. The van der Waals surface area contributed by atoms with Crippen LogP contribution in [0.25, 0.3) is 0 Å². The lowest BCUT2D eigenvalue weighted by molar-refractivity contribution is -0.112. The summed E-state index contributed by atoms with van der Waals surface area (Å²) >= 11 is 1.50. The summed E-state index contributed by atoms with van der Waals surface area (Å²) in [6.45, 7) is 0.705. The molecule has 0 fully saturated rings. The number of carbonyl (C=O) groups is 2. The van der Waals surface area contributed by atoms with Gasteiger partial charge in [-0.2, -0.15) is 5.26 Å². The van der Waals surface area contributed by atoms with E-state index >= 15 is 0 Å². The molecule has 0 radical (unpaired) electrons. The summed E-state index contributed by atoms with van der Waals surface area (Å²) in [5.74, 6) is -0.849. The number of rotatable bonds is 4. The summed E-state index contributed by atoms with van der Waals surface area (Å²) in [6, 6.07) is 7.58. The number of hydrogen-bond acceptors (Lipinski definition) is 6. The fraction of sp³-hybridized carbons (Fsp3) is 0.143. The zero-order chi connectivity index (χ0) is 15.9. The molecule has 0 aliphatic carbocycles. The van der Waals surface area contributed by atoms with E-state index in [4.69, 9.17) is 10.4 Å². The number of carbonyl (C=O) groups excluding carboxylic acids is 1. The third-order valence-corrected chi connectivity index (χ3v) is 3.57. The number of thioether (sulfide) groups is 1. The van der Waals surface area contributed by atoms with Crippen molar-refractivity contribution in [3.8, 4) is 6.07 Å². The number of amides is 1. The second-order valence-corrected chi connectivity index (χ2v) is 5.27. The van der Waals surface area contributed by atoms with Gasteiger partial charge in [0.05, 0.1) is 12.1 Å². The lowest BCUT2D eigenvalue weighted by Gasteiger charge is -2.05. The summed E-state index contributed by atoms with van der Waals surface area (Å²) in [4.78, 5) is 27.0. The number of aromatic carboxylic acids is 1. The zero-order valence-corrected chi connectivity index (χ0v) is 12.2. The van der Waals surface area contributed by atoms with Crippen LogP contribution >= 0.6 is 11.8 Å². The summed E-state index contributed by atoms with van der Waals surface area (Å²) < 4.78 is 0. The van der Waals surface area contributed by atoms with E-state index in [0.29, 0.717) is 17.4 Å². The van der Waals surface area contributed by atoms with E-state index in [1.54, 1.807) is 12.1 Å². The lowest BCUT2D eigenvalue weighted by atomic mass is 10.2. The molecule has 0 unspecified atom stereocenters. The number of nitrogens with one attached hydrogen (secondary N) is 2. The van der Waals surface area contributed by atoms with E-state index < -0.39 is 11.9 Å². The van der Waals surface area contributed by atoms with Gasteiger partial charge in [-0.15, -0.1) is 0 Å². The number of amidine groups is 1. The molecule has 7 nitrogen and oxygen atoms in total. The quantitative estimate of drug-likeness (QED) is 0.572. The molecule has 1 heterocycles. The minimum Gasteiger partial charge on any atom is -0.478 e. The molecule has 0 spiro atoms. The lowest BCUT2D eigenvalue weighted by Crippen LogP contribution is -2.18. The summed E-state index contributed by atoms with van der Waals surface area (Å²) in [7, 11) is 0. The molecule has 22 heavy (non-hydrogen) atoms. The molecule has 1 aliphatic rings. The van der Waals surface area contributed by atoms with Crippen molar-refractivity contribution in [2.75, 3.05) is 17.6 Å². The monoisotopic (exact) mass is 316 g/mol. The van der Waals surface area contributed by atoms with Gasteiger partial charge in [-0.1, -0.05) is 17.8 Å². The SMILES string of the molecule is N#C/C(=C/NC1=NCCS1)C(=O)Nc1cccc(C(=O)O)c1. The van der Waals surface area contributed by atoms with Gasteiger partial charge in [0, 0.05) is 17.6 Å². The molecule has 2 rings (SSSR count). The number of carboxylic acid groups (broad SMARTS) is 1. The Morgan fingerprint density at radius 2 is 2.27 bits per heavy atom. The number of anilines is 1. The smallest absolute Gasteiger partial charge is 0.335 e. The zero-order valence-electron chi connectivity index (χ0n) is 11.4. The molecule has 1 amide bonds. The van der Waals surface area contributed by atoms with Crippen molar-refractivity contribution >= 4 is 34.5 Å². The Balaban J connectivity index is 2.06. The molecule has 112 valence electrons. The van der Waals surface area contributed by atoms with Crippen LogP contribution in [0.15, 0.2) is 41.0 Å². The highest BCUT2D eigenvalue weighted by atomic mass is 32.2. The maximum Gasteiger partial charge on any atom is 0.335 e. The molecule has 0 aromatic heterocycles. The highest BCUT2D eigenvalue weighted by Crippen LogP contribution is 2.12. The highest BCUT2D eigenvalue weighted by molar-refractivity contribution is 8.14. The fourth-order valence-electron chi connectivity index (χ4n) is 1.63. The molecular formula is C14H12N4O3S. The summed E-state index contributed by atoms with van der Waals surface area (Å²) in [5.41, 5.74) is 0.227. The Morgan fingerprint density at radius 3 is 2.91 bits per heavy atom. The van der Waals surface area contributed by atoms with Crippen LogP contribution in [0.3, 0.4) is 0 Å². The summed E-state index contributed by atoms with van der Waals surface area (Å²) in [5, 5.41) is 23.9. The van der Waals surface area contributed by atoms with Crippen LogP contribution in [0.2, 0.25) is 0 Å². The van der Waals surface area contributed by atoms with Crippen LogP contribution in [-0.4, -0.2) is 34.4 Å². The van der Waals surface area contributed by atoms with Crippen molar-refractivity contribution in [3.63, 3.8) is 0 Å². The topological polar surface area (TPSA) is 115 Å². The van der Waals surface area contributed by atoms with E-state index in [9.17, 15) is 9.59 Å². The van der Waals surface area contributed by atoms with Crippen molar-refractivity contribution in [2.24, 2.45) is 4.99 Å². The molecule has 0 saturated heterocycles. The Bertz CT molecular complexity index is 706. The van der Waals surface area contributed by atoms with Gasteiger partial charge in [0.25, 0.3) is 5.91 Å². The van der Waals surface area contributed by atoms with Crippen LogP contribution in [-0.2, 0) is 4.79 Å². The van der Waals surface area contributed by atoms with E-state index in [-0.39, 0.29) is 11.1 Å². The minimum atomic E-state index is -1.09. The Labute approximate surface area is 130 Å². The number of benzene rings is 1. The van der Waals surface area contributed by atoms with Crippen molar-refractivity contribution in [2.45, 2.75) is 0 Å². The number of aliphatic imine (C=N–C) groups is 1. The first kappa shape index (κ1) is 15.6. The number of nitriles is 1. The number of carboxylic acids is 1. The van der Waals surface area contributed by atoms with Crippen LogP contribution in [0.5, 0.6) is 0 Å². The van der Waals surface area contributed by atoms with Crippen molar-refractivity contribution < 1.29 is 14.7 Å². The van der Waals surface area contributed by atoms with Crippen molar-refractivity contribution in [3.05, 3.63) is 41.6 Å². The first-order valence-corrected chi connectivity index (χ1v) is 7.27. The first-order valence-electron chi connectivity index (χ1n) is 6.29. The molecule has 1 aromatic rings. The van der Waals surface area contributed by atoms with Crippen LogP contribution in [0.4, 0.5) is 5.69 Å². The van der Waals surface area contributed by atoms with E-state index in [2.05, 4.69) is 15.6 Å². The second-order valence-electron chi connectivity index (χ2n) is 4.19. The van der Waals surface area contributed by atoms with Gasteiger partial charge >= 0.3 is 5.97 Å². The maximum atomic E-state index is 12.0. The third kappa shape index (κ3) is 4.10. The van der Waals surface area contributed by atoms with Gasteiger partial charge in [-0.3, -0.25) is 9.79 Å². The minimum absolute atomic E-state index is 0.0510. The average Bonchev–Trinajstić information content (AvgIpc) is 3.01. The Hall–Kier alpha value is -2.79. The normalized spacial score (nSPS) is 14.0. The standard InChI is InChI=1S/C14H12N4O3S/c15-7-10(8-17-14-16-4-5-22-14)12(19)18-11-3-1-2-9(6-11)13(20)21/h1-3,6,8H,4-5H2,(H,16,17)(H,18,19)(H,20,21)/b10-8-. The van der Waals surface area contributed by atoms with E-state index in [1.165, 1.54) is 36.2 Å². The number of hydrogen-bond donors (Lipinski definition) is 3. The third-order valence-electron chi connectivity index (χ3n) is 2.66. The average molecular weight is 316 g/mol. The molecular weight excluding hydrogens is 304 g/mol. The van der Waals surface area contributed by atoms with Crippen molar-refractivity contribution in [1.29, 1.82) is 5.26 Å².